The molecule has 0 radical (unpaired) electrons. The molecule has 5 heteroatoms. The highest BCUT2D eigenvalue weighted by molar-refractivity contribution is 7.09. The molecule has 20 heavy (non-hydrogen) atoms. The van der Waals surface area contributed by atoms with Crippen molar-refractivity contribution in [2.75, 3.05) is 0 Å². The number of hydrogen-bond donors (Lipinski definition) is 1. The summed E-state index contributed by atoms with van der Waals surface area (Å²) in [6, 6.07) is 3.11. The lowest BCUT2D eigenvalue weighted by Gasteiger charge is -2.13. The van der Waals surface area contributed by atoms with Crippen LogP contribution in [0, 0.1) is 0 Å². The van der Waals surface area contributed by atoms with Crippen LogP contribution in [0.3, 0.4) is 0 Å². The van der Waals surface area contributed by atoms with Crippen LogP contribution in [0.25, 0.3) is 0 Å². The zero-order chi connectivity index (χ0) is 13.8. The highest BCUT2D eigenvalue weighted by Crippen LogP contribution is 2.28. The molecule has 2 aromatic heterocycles. The van der Waals surface area contributed by atoms with E-state index in [1.54, 1.807) is 11.3 Å². The molecule has 0 bridgehead atoms. The topological polar surface area (TPSA) is 42.7 Å². The van der Waals surface area contributed by atoms with E-state index in [9.17, 15) is 0 Å². The van der Waals surface area contributed by atoms with E-state index in [2.05, 4.69) is 34.2 Å². The molecule has 1 atom stereocenters. The van der Waals surface area contributed by atoms with E-state index in [1.807, 2.05) is 11.6 Å². The Kier molecular flexibility index (Phi) is 4.47. The maximum Gasteiger partial charge on any atom is 0.109 e. The number of rotatable bonds is 6. The Morgan fingerprint density at radius 3 is 3.00 bits per heavy atom. The van der Waals surface area contributed by atoms with Gasteiger partial charge in [-0.2, -0.15) is 5.10 Å². The fraction of sp³-hybridized carbons (Fsp3) is 0.600. The van der Waals surface area contributed by atoms with Gasteiger partial charge in [0.05, 0.1) is 17.8 Å². The zero-order valence-electron chi connectivity index (χ0n) is 12.0. The molecule has 1 unspecified atom stereocenters. The van der Waals surface area contributed by atoms with Gasteiger partial charge in [0.1, 0.15) is 5.01 Å². The Labute approximate surface area is 124 Å². The molecule has 3 rings (SSSR count). The second kappa shape index (κ2) is 6.50. The van der Waals surface area contributed by atoms with Crippen LogP contribution in [0.5, 0.6) is 0 Å². The Bertz CT molecular complexity index is 514. The number of aromatic nitrogens is 3. The molecule has 1 aliphatic carbocycles. The van der Waals surface area contributed by atoms with Gasteiger partial charge in [-0.05, 0) is 25.3 Å². The van der Waals surface area contributed by atoms with Gasteiger partial charge in [0, 0.05) is 24.3 Å². The van der Waals surface area contributed by atoms with Crippen molar-refractivity contribution in [3.63, 3.8) is 0 Å². The van der Waals surface area contributed by atoms with Crippen molar-refractivity contribution in [1.29, 1.82) is 0 Å². The van der Waals surface area contributed by atoms with E-state index in [4.69, 9.17) is 5.10 Å². The van der Waals surface area contributed by atoms with E-state index in [0.717, 1.165) is 18.7 Å². The van der Waals surface area contributed by atoms with Gasteiger partial charge in [-0.25, -0.2) is 4.98 Å². The third-order valence-corrected chi connectivity index (χ3v) is 4.94. The lowest BCUT2D eigenvalue weighted by molar-refractivity contribution is 0.454. The highest BCUT2D eigenvalue weighted by Gasteiger charge is 2.18. The Hall–Kier alpha value is -1.20. The molecule has 4 nitrogen and oxygen atoms in total. The molecule has 1 saturated carbocycles. The van der Waals surface area contributed by atoms with Crippen molar-refractivity contribution >= 4 is 11.3 Å². The molecule has 2 heterocycles. The van der Waals surface area contributed by atoms with Gasteiger partial charge in [-0.3, -0.25) is 4.68 Å². The van der Waals surface area contributed by atoms with E-state index in [1.165, 1.54) is 30.7 Å². The maximum atomic E-state index is 4.72. The molecular weight excluding hydrogens is 268 g/mol. The first kappa shape index (κ1) is 13.8. The van der Waals surface area contributed by atoms with Crippen LogP contribution in [-0.2, 0) is 6.54 Å². The van der Waals surface area contributed by atoms with Gasteiger partial charge in [0.2, 0.25) is 0 Å². The fourth-order valence-corrected chi connectivity index (χ4v) is 3.68. The van der Waals surface area contributed by atoms with Crippen LogP contribution in [0.15, 0.2) is 23.8 Å². The Morgan fingerprint density at radius 1 is 1.45 bits per heavy atom. The first-order valence-electron chi connectivity index (χ1n) is 7.53. The lowest BCUT2D eigenvalue weighted by atomic mass is 10.2. The highest BCUT2D eigenvalue weighted by atomic mass is 32.1. The Morgan fingerprint density at radius 2 is 2.30 bits per heavy atom. The van der Waals surface area contributed by atoms with Crippen LogP contribution in [0.1, 0.15) is 61.8 Å². The summed E-state index contributed by atoms with van der Waals surface area (Å²) < 4.78 is 2.16. The number of nitrogens with zero attached hydrogens (tertiary/aromatic N) is 3. The summed E-state index contributed by atoms with van der Waals surface area (Å²) in [7, 11) is 0. The second-order valence-corrected chi connectivity index (χ2v) is 6.36. The minimum atomic E-state index is 0.339. The average Bonchev–Trinajstić information content (AvgIpc) is 3.22. The first-order chi connectivity index (χ1) is 9.86. The Balaban J connectivity index is 1.57. The van der Waals surface area contributed by atoms with E-state index in [-0.39, 0.29) is 0 Å². The van der Waals surface area contributed by atoms with Crippen molar-refractivity contribution in [3.8, 4) is 0 Å². The van der Waals surface area contributed by atoms with Crippen molar-refractivity contribution in [1.82, 2.24) is 20.1 Å². The smallest absolute Gasteiger partial charge is 0.109 e. The molecule has 0 amide bonds. The van der Waals surface area contributed by atoms with E-state index in [0.29, 0.717) is 12.1 Å². The summed E-state index contributed by atoms with van der Waals surface area (Å²) in [5, 5.41) is 11.5. The minimum absolute atomic E-state index is 0.339. The van der Waals surface area contributed by atoms with Gasteiger partial charge >= 0.3 is 0 Å². The predicted octanol–water partition coefficient (Wildman–Crippen LogP) is 3.70. The summed E-state index contributed by atoms with van der Waals surface area (Å²) in [4.78, 5) is 4.40. The molecular formula is C15H22N4S. The van der Waals surface area contributed by atoms with Crippen LogP contribution >= 0.6 is 11.3 Å². The first-order valence-corrected chi connectivity index (χ1v) is 8.41. The zero-order valence-corrected chi connectivity index (χ0v) is 12.8. The summed E-state index contributed by atoms with van der Waals surface area (Å²) in [6.45, 7) is 3.01. The summed E-state index contributed by atoms with van der Waals surface area (Å²) in [5.74, 6) is 0. The third kappa shape index (κ3) is 3.10. The normalized spacial score (nSPS) is 17.6. The monoisotopic (exact) mass is 290 g/mol. The predicted molar refractivity (Wildman–Crippen MR) is 81.7 cm³/mol. The molecule has 108 valence electrons. The minimum Gasteiger partial charge on any atom is -0.302 e. The largest absolute Gasteiger partial charge is 0.302 e. The maximum absolute atomic E-state index is 4.72. The molecule has 0 aromatic carbocycles. The van der Waals surface area contributed by atoms with Crippen LogP contribution in [0.2, 0.25) is 0 Å². The van der Waals surface area contributed by atoms with Gasteiger partial charge in [0.25, 0.3) is 0 Å². The van der Waals surface area contributed by atoms with Crippen LogP contribution in [-0.4, -0.2) is 14.8 Å². The standard InChI is InChI=1S/C15H22N4S/c1-2-14(15-16-8-10-20-15)17-11-12-7-9-19(18-12)13-5-3-4-6-13/h7-10,13-14,17H,2-6,11H2,1H3. The molecule has 2 aromatic rings. The van der Waals surface area contributed by atoms with Crippen molar-refractivity contribution in [2.24, 2.45) is 0 Å². The molecule has 1 fully saturated rings. The molecule has 0 aliphatic heterocycles. The van der Waals surface area contributed by atoms with Crippen molar-refractivity contribution < 1.29 is 0 Å². The number of nitrogens with one attached hydrogen (secondary N) is 1. The van der Waals surface area contributed by atoms with E-state index >= 15 is 0 Å². The van der Waals surface area contributed by atoms with Crippen LogP contribution in [0.4, 0.5) is 0 Å². The third-order valence-electron chi connectivity index (χ3n) is 4.05. The fourth-order valence-electron chi connectivity index (χ4n) is 2.88. The van der Waals surface area contributed by atoms with Crippen LogP contribution < -0.4 is 5.32 Å². The van der Waals surface area contributed by atoms with Crippen molar-refractivity contribution in [2.45, 2.75) is 57.7 Å². The number of thiazole rings is 1. The summed E-state index contributed by atoms with van der Waals surface area (Å²) >= 11 is 1.72. The second-order valence-electron chi connectivity index (χ2n) is 5.44. The summed E-state index contributed by atoms with van der Waals surface area (Å²) in [5.41, 5.74) is 1.13. The molecule has 0 spiro atoms. The van der Waals surface area contributed by atoms with Gasteiger partial charge in [-0.1, -0.05) is 19.8 Å². The van der Waals surface area contributed by atoms with Gasteiger partial charge in [-0.15, -0.1) is 11.3 Å². The molecule has 0 saturated heterocycles. The lowest BCUT2D eigenvalue weighted by Crippen LogP contribution is -2.20. The number of hydrogen-bond acceptors (Lipinski definition) is 4. The molecule has 1 N–H and O–H groups in total. The molecule has 1 aliphatic rings. The van der Waals surface area contributed by atoms with Gasteiger partial charge in [0.15, 0.2) is 0 Å². The van der Waals surface area contributed by atoms with Gasteiger partial charge < -0.3 is 5.32 Å². The van der Waals surface area contributed by atoms with Crippen molar-refractivity contribution in [3.05, 3.63) is 34.5 Å². The summed E-state index contributed by atoms with van der Waals surface area (Å²) in [6.07, 6.45) is 10.3. The van der Waals surface area contributed by atoms with E-state index < -0.39 is 0 Å². The SMILES string of the molecule is CCC(NCc1ccn(C2CCCC2)n1)c1nccs1. The average molecular weight is 290 g/mol. The quantitative estimate of drug-likeness (QED) is 0.882.